The van der Waals surface area contributed by atoms with E-state index in [4.69, 9.17) is 0 Å². The topological polar surface area (TPSA) is 114 Å². The third-order valence-electron chi connectivity index (χ3n) is 9.60. The summed E-state index contributed by atoms with van der Waals surface area (Å²) in [6.07, 6.45) is 8.26. The minimum Gasteiger partial charge on any atom is -0.477 e. The fourth-order valence-corrected chi connectivity index (χ4v) is 9.42. The number of aromatic nitrogens is 1. The largest absolute Gasteiger partial charge is 0.477 e. The number of hydrogen-bond donors (Lipinski definition) is 1. The number of pyridine rings is 1. The number of rotatable bonds is 8. The summed E-state index contributed by atoms with van der Waals surface area (Å²) in [5.41, 5.74) is 1.23. The number of hydrogen-bond acceptors (Lipinski definition) is 8. The molecule has 2 aliphatic heterocycles. The molecule has 1 amide bonds. The van der Waals surface area contributed by atoms with E-state index >= 15 is 0 Å². The summed E-state index contributed by atoms with van der Waals surface area (Å²) >= 11 is 1.14. The van der Waals surface area contributed by atoms with Gasteiger partial charge in [-0.1, -0.05) is 49.6 Å². The summed E-state index contributed by atoms with van der Waals surface area (Å²) in [5.74, 6) is -0.693. The van der Waals surface area contributed by atoms with E-state index in [0.29, 0.717) is 11.7 Å². The van der Waals surface area contributed by atoms with Crippen LogP contribution in [0.1, 0.15) is 54.6 Å². The molecule has 1 N–H and O–H groups in total. The van der Waals surface area contributed by atoms with Crippen LogP contribution < -0.4 is 9.80 Å². The summed E-state index contributed by atoms with van der Waals surface area (Å²) in [6.45, 7) is 1.46. The molecule has 0 unspecified atom stereocenters. The van der Waals surface area contributed by atoms with E-state index in [1.807, 2.05) is 30.3 Å². The van der Waals surface area contributed by atoms with Crippen LogP contribution in [0.3, 0.4) is 0 Å². The lowest BCUT2D eigenvalue weighted by atomic mass is 9.82. The van der Waals surface area contributed by atoms with E-state index in [-0.39, 0.29) is 28.8 Å². The second-order valence-corrected chi connectivity index (χ2v) is 15.5. The van der Waals surface area contributed by atoms with E-state index in [1.54, 1.807) is 23.1 Å². The highest BCUT2D eigenvalue weighted by Gasteiger charge is 2.44. The zero-order chi connectivity index (χ0) is 31.7. The van der Waals surface area contributed by atoms with Crippen LogP contribution in [0.4, 0.5) is 11.5 Å². The number of aromatic carboxylic acids is 1. The van der Waals surface area contributed by atoms with Gasteiger partial charge in [-0.15, -0.1) is 11.3 Å². The number of piperazine rings is 1. The van der Waals surface area contributed by atoms with E-state index in [9.17, 15) is 23.1 Å². The summed E-state index contributed by atoms with van der Waals surface area (Å²) in [6, 6.07) is 14.7. The lowest BCUT2D eigenvalue weighted by molar-refractivity contribution is -0.121. The van der Waals surface area contributed by atoms with Gasteiger partial charge in [0, 0.05) is 36.8 Å². The molecule has 1 aliphatic carbocycles. The highest BCUT2D eigenvalue weighted by atomic mass is 32.2. The Morgan fingerprint density at radius 1 is 1.00 bits per heavy atom. The van der Waals surface area contributed by atoms with Crippen molar-refractivity contribution in [3.05, 3.63) is 59.6 Å². The van der Waals surface area contributed by atoms with E-state index in [2.05, 4.69) is 28.9 Å². The average molecular weight is 652 g/mol. The highest BCUT2D eigenvalue weighted by molar-refractivity contribution is 7.89. The predicted molar refractivity (Wildman–Crippen MR) is 176 cm³/mol. The molecule has 0 bridgehead atoms. The van der Waals surface area contributed by atoms with Gasteiger partial charge < -0.3 is 19.8 Å². The van der Waals surface area contributed by atoms with Gasteiger partial charge in [0.2, 0.25) is 15.9 Å². The van der Waals surface area contributed by atoms with Gasteiger partial charge in [-0.3, -0.25) is 4.79 Å². The molecule has 6 rings (SSSR count). The van der Waals surface area contributed by atoms with Crippen molar-refractivity contribution in [2.24, 2.45) is 5.92 Å². The maximum Gasteiger partial charge on any atom is 0.348 e. The Morgan fingerprint density at radius 2 is 1.71 bits per heavy atom. The van der Waals surface area contributed by atoms with Crippen molar-refractivity contribution in [3.63, 3.8) is 0 Å². The van der Waals surface area contributed by atoms with Crippen LogP contribution in [0.25, 0.3) is 10.4 Å². The number of carbonyl (C=O) groups is 2. The molecular formula is C33H41N5O5S2. The number of nitrogens with zero attached hydrogens (tertiary/aromatic N) is 5. The number of anilines is 2. The number of carboxylic acids is 1. The molecule has 1 saturated carbocycles. The van der Waals surface area contributed by atoms with Gasteiger partial charge in [-0.25, -0.2) is 18.2 Å². The zero-order valence-corrected chi connectivity index (χ0v) is 27.5. The predicted octanol–water partition coefficient (Wildman–Crippen LogP) is 5.03. The molecule has 3 aliphatic rings. The number of carboxylic acid groups (broad SMARTS) is 1. The smallest absolute Gasteiger partial charge is 0.348 e. The lowest BCUT2D eigenvalue weighted by Gasteiger charge is -2.44. The van der Waals surface area contributed by atoms with E-state index < -0.39 is 27.9 Å². The fourth-order valence-electron chi connectivity index (χ4n) is 7.07. The summed E-state index contributed by atoms with van der Waals surface area (Å²) < 4.78 is 29.2. The molecule has 4 heterocycles. The first-order chi connectivity index (χ1) is 21.6. The molecule has 1 atom stereocenters. The minimum absolute atomic E-state index is 0.0613. The SMILES string of the molecule is CN(C)C1CCN(c2ccc(S(=O)(=O)N3CC(=O)N(c4cc(-c5ccccc5)sc4C(=O)O)[C@H](C4CCCCC4)C3)cn2)CC1. The normalized spacial score (nSPS) is 21.0. The van der Waals surface area contributed by atoms with Gasteiger partial charge in [0.1, 0.15) is 15.6 Å². The monoisotopic (exact) mass is 651 g/mol. The number of thiophene rings is 1. The van der Waals surface area contributed by atoms with Gasteiger partial charge in [0.25, 0.3) is 0 Å². The van der Waals surface area contributed by atoms with Crippen molar-refractivity contribution in [2.75, 3.05) is 50.1 Å². The van der Waals surface area contributed by atoms with Crippen LogP contribution in [0.2, 0.25) is 0 Å². The molecule has 0 radical (unpaired) electrons. The molecule has 45 heavy (non-hydrogen) atoms. The third kappa shape index (κ3) is 6.51. The Morgan fingerprint density at radius 3 is 2.33 bits per heavy atom. The van der Waals surface area contributed by atoms with Gasteiger partial charge in [-0.05, 0) is 69.5 Å². The van der Waals surface area contributed by atoms with Crippen LogP contribution >= 0.6 is 11.3 Å². The van der Waals surface area contributed by atoms with Gasteiger partial charge in [0.05, 0.1) is 18.3 Å². The number of carbonyl (C=O) groups excluding carboxylic acids is 1. The molecule has 0 spiro atoms. The van der Waals surface area contributed by atoms with Crippen molar-refractivity contribution in [1.29, 1.82) is 0 Å². The number of piperidine rings is 1. The summed E-state index contributed by atoms with van der Waals surface area (Å²) in [5, 5.41) is 10.2. The first kappa shape index (κ1) is 31.7. The third-order valence-corrected chi connectivity index (χ3v) is 12.6. The molecule has 3 aromatic rings. The van der Waals surface area contributed by atoms with Gasteiger partial charge >= 0.3 is 5.97 Å². The highest BCUT2D eigenvalue weighted by Crippen LogP contribution is 2.42. The maximum absolute atomic E-state index is 14.0. The standard InChI is InChI=1S/C33H41N5O5S2/c1-35(2)25-15-17-36(18-16-25)30-14-13-26(20-34-30)45(42,43)37-21-28(23-9-5-3-6-10-23)38(31(39)22-37)27-19-29(44-32(27)33(40)41)24-11-7-4-8-12-24/h4,7-8,11-14,19-20,23,25,28H,3,5-6,9-10,15-18,21-22H2,1-2H3,(H,40,41)/t28-/m0/s1. The lowest BCUT2D eigenvalue weighted by Crippen LogP contribution is -2.60. The van der Waals surface area contributed by atoms with Gasteiger partial charge in [-0.2, -0.15) is 4.31 Å². The average Bonchev–Trinajstić information content (AvgIpc) is 3.51. The van der Waals surface area contributed by atoms with Crippen molar-refractivity contribution < 1.29 is 23.1 Å². The van der Waals surface area contributed by atoms with Crippen molar-refractivity contribution >= 4 is 44.7 Å². The number of sulfonamides is 1. The van der Waals surface area contributed by atoms with E-state index in [1.165, 1.54) is 10.5 Å². The molecule has 2 aromatic heterocycles. The van der Waals surface area contributed by atoms with Crippen LogP contribution in [-0.2, 0) is 14.8 Å². The van der Waals surface area contributed by atoms with Crippen molar-refractivity contribution in [2.45, 2.75) is 61.9 Å². The Balaban J connectivity index is 1.28. The summed E-state index contributed by atoms with van der Waals surface area (Å²) in [7, 11) is 0.165. The van der Waals surface area contributed by atoms with Crippen molar-refractivity contribution in [1.82, 2.24) is 14.2 Å². The molecule has 10 nitrogen and oxygen atoms in total. The minimum atomic E-state index is -4.02. The molecule has 12 heteroatoms. The first-order valence-corrected chi connectivity index (χ1v) is 18.0. The van der Waals surface area contributed by atoms with Crippen molar-refractivity contribution in [3.8, 4) is 10.4 Å². The van der Waals surface area contributed by atoms with E-state index in [0.717, 1.165) is 85.6 Å². The molecule has 2 saturated heterocycles. The molecular weight excluding hydrogens is 611 g/mol. The fraction of sp³-hybridized carbons (Fsp3) is 0.485. The Kier molecular flexibility index (Phi) is 9.28. The second-order valence-electron chi connectivity index (χ2n) is 12.6. The van der Waals surface area contributed by atoms with Crippen LogP contribution in [-0.4, -0.2) is 91.9 Å². The van der Waals surface area contributed by atoms with Crippen LogP contribution in [0, 0.1) is 5.92 Å². The molecule has 3 fully saturated rings. The van der Waals surface area contributed by atoms with Crippen LogP contribution in [0.15, 0.2) is 59.6 Å². The second kappa shape index (κ2) is 13.2. The first-order valence-electron chi connectivity index (χ1n) is 15.8. The molecule has 1 aromatic carbocycles. The maximum atomic E-state index is 14.0. The zero-order valence-electron chi connectivity index (χ0n) is 25.8. The van der Waals surface area contributed by atoms with Gasteiger partial charge in [0.15, 0.2) is 0 Å². The Hall–Kier alpha value is -3.32. The quantitative estimate of drug-likeness (QED) is 0.361. The Labute approximate surface area is 269 Å². The van der Waals surface area contributed by atoms with Crippen LogP contribution in [0.5, 0.6) is 0 Å². The Bertz CT molecular complexity index is 1610. The number of amides is 1. The molecule has 240 valence electrons. The summed E-state index contributed by atoms with van der Waals surface area (Å²) in [4.78, 5) is 37.9. The number of benzene rings is 1.